The number of hydrogen-bond donors (Lipinski definition) is 0. The van der Waals surface area contributed by atoms with E-state index < -0.39 is 0 Å². The molecule has 0 saturated heterocycles. The Labute approximate surface area is 137 Å². The molecule has 22 heavy (non-hydrogen) atoms. The van der Waals surface area contributed by atoms with Gasteiger partial charge in [0.1, 0.15) is 5.75 Å². The first-order valence-electron chi connectivity index (χ1n) is 7.41. The van der Waals surface area contributed by atoms with Crippen LogP contribution in [0, 0.1) is 0 Å². The molecule has 2 aromatic carbocycles. The minimum absolute atomic E-state index is 0.0225. The van der Waals surface area contributed by atoms with Crippen molar-refractivity contribution < 1.29 is 4.74 Å². The summed E-state index contributed by atoms with van der Waals surface area (Å²) in [5, 5.41) is 0. The summed E-state index contributed by atoms with van der Waals surface area (Å²) in [5.74, 6) is 1.87. The molecule has 0 aliphatic carbocycles. The fourth-order valence-electron chi connectivity index (χ4n) is 1.98. The summed E-state index contributed by atoms with van der Waals surface area (Å²) in [6.45, 7) is 5.15. The van der Waals surface area contributed by atoms with E-state index in [1.165, 1.54) is 11.1 Å². The molecule has 0 aliphatic heterocycles. The Bertz CT molecular complexity index is 591. The lowest BCUT2D eigenvalue weighted by molar-refractivity contribution is 0.414. The van der Waals surface area contributed by atoms with E-state index in [9.17, 15) is 0 Å². The van der Waals surface area contributed by atoms with E-state index in [1.807, 2.05) is 30.0 Å². The molecular formula is C19H23NOS. The average Bonchev–Trinajstić information content (AvgIpc) is 2.54. The largest absolute Gasteiger partial charge is 0.497 e. The summed E-state index contributed by atoms with van der Waals surface area (Å²) in [6, 6.07) is 18.6. The molecule has 3 heteroatoms. The van der Waals surface area contributed by atoms with Crippen LogP contribution in [0.25, 0.3) is 0 Å². The monoisotopic (exact) mass is 313 g/mol. The van der Waals surface area contributed by atoms with Crippen LogP contribution in [0.5, 0.6) is 5.75 Å². The van der Waals surface area contributed by atoms with Crippen molar-refractivity contribution >= 4 is 18.0 Å². The van der Waals surface area contributed by atoms with Gasteiger partial charge in [0.25, 0.3) is 0 Å². The van der Waals surface area contributed by atoms with Crippen LogP contribution in [0.15, 0.2) is 59.6 Å². The second kappa shape index (κ2) is 8.04. The van der Waals surface area contributed by atoms with E-state index >= 15 is 0 Å². The Morgan fingerprint density at radius 3 is 2.32 bits per heavy atom. The molecular weight excluding hydrogens is 290 g/mol. The summed E-state index contributed by atoms with van der Waals surface area (Å²) in [4.78, 5) is 4.59. The molecule has 2 rings (SSSR count). The van der Waals surface area contributed by atoms with Crippen molar-refractivity contribution in [3.63, 3.8) is 0 Å². The summed E-state index contributed by atoms with van der Waals surface area (Å²) in [7, 11) is 1.69. The van der Waals surface area contributed by atoms with Crippen molar-refractivity contribution in [1.29, 1.82) is 0 Å². The zero-order chi connectivity index (χ0) is 15.8. The first-order chi connectivity index (χ1) is 10.6. The summed E-state index contributed by atoms with van der Waals surface area (Å²) < 4.78 is 5.20. The number of rotatable bonds is 7. The topological polar surface area (TPSA) is 21.6 Å². The number of thioether (sulfide) groups is 1. The highest BCUT2D eigenvalue weighted by Crippen LogP contribution is 2.27. The summed E-state index contributed by atoms with van der Waals surface area (Å²) in [5.41, 5.74) is 2.55. The maximum Gasteiger partial charge on any atom is 0.118 e. The van der Waals surface area contributed by atoms with E-state index in [1.54, 1.807) is 7.11 Å². The molecule has 0 N–H and O–H groups in total. The molecule has 0 heterocycles. The summed E-state index contributed by atoms with van der Waals surface area (Å²) in [6.07, 6.45) is 2.06. The lowest BCUT2D eigenvalue weighted by atomic mass is 10.2. The van der Waals surface area contributed by atoms with Gasteiger partial charge in [-0.05, 0) is 37.1 Å². The molecule has 0 unspecified atom stereocenters. The third kappa shape index (κ3) is 5.57. The Kier molecular flexibility index (Phi) is 6.08. The SMILES string of the molecule is COc1ccc(CSC(C)(C)/C=N\Cc2ccccc2)cc1. The normalized spacial score (nSPS) is 11.8. The first-order valence-corrected chi connectivity index (χ1v) is 8.39. The average molecular weight is 313 g/mol. The fourth-order valence-corrected chi connectivity index (χ4v) is 2.86. The molecule has 0 fully saturated rings. The van der Waals surface area contributed by atoms with Gasteiger partial charge in [0.15, 0.2) is 0 Å². The van der Waals surface area contributed by atoms with E-state index in [2.05, 4.69) is 61.5 Å². The maximum absolute atomic E-state index is 5.18. The fraction of sp³-hybridized carbons (Fsp3) is 0.316. The van der Waals surface area contributed by atoms with Gasteiger partial charge in [0.2, 0.25) is 0 Å². The molecule has 2 nitrogen and oxygen atoms in total. The summed E-state index contributed by atoms with van der Waals surface area (Å²) >= 11 is 1.89. The van der Waals surface area contributed by atoms with Gasteiger partial charge in [-0.2, -0.15) is 0 Å². The van der Waals surface area contributed by atoms with E-state index in [-0.39, 0.29) is 4.75 Å². The Balaban J connectivity index is 1.84. The molecule has 0 saturated carbocycles. The molecule has 0 spiro atoms. The number of ether oxygens (including phenoxy) is 1. The van der Waals surface area contributed by atoms with Crippen LogP contribution in [-0.2, 0) is 12.3 Å². The van der Waals surface area contributed by atoms with E-state index in [4.69, 9.17) is 4.74 Å². The van der Waals surface area contributed by atoms with Gasteiger partial charge in [-0.25, -0.2) is 0 Å². The highest BCUT2D eigenvalue weighted by Gasteiger charge is 2.15. The molecule has 0 amide bonds. The van der Waals surface area contributed by atoms with Crippen LogP contribution in [-0.4, -0.2) is 18.1 Å². The van der Waals surface area contributed by atoms with E-state index in [0.717, 1.165) is 18.0 Å². The van der Waals surface area contributed by atoms with Crippen molar-refractivity contribution in [1.82, 2.24) is 0 Å². The van der Waals surface area contributed by atoms with Gasteiger partial charge < -0.3 is 4.74 Å². The lowest BCUT2D eigenvalue weighted by Gasteiger charge is -2.18. The van der Waals surface area contributed by atoms with Gasteiger partial charge in [-0.1, -0.05) is 42.5 Å². The minimum atomic E-state index is 0.0225. The van der Waals surface area contributed by atoms with Crippen molar-refractivity contribution in [2.45, 2.75) is 30.9 Å². The second-order valence-corrected chi connectivity index (χ2v) is 7.33. The van der Waals surface area contributed by atoms with Gasteiger partial charge in [0.05, 0.1) is 13.7 Å². The van der Waals surface area contributed by atoms with E-state index in [0.29, 0.717) is 0 Å². The molecule has 0 aliphatic rings. The molecule has 0 atom stereocenters. The number of benzene rings is 2. The second-order valence-electron chi connectivity index (χ2n) is 5.70. The zero-order valence-electron chi connectivity index (χ0n) is 13.5. The maximum atomic E-state index is 5.18. The minimum Gasteiger partial charge on any atom is -0.497 e. The number of methoxy groups -OCH3 is 1. The lowest BCUT2D eigenvalue weighted by Crippen LogP contribution is -2.16. The quantitative estimate of drug-likeness (QED) is 0.673. The highest BCUT2D eigenvalue weighted by atomic mass is 32.2. The molecule has 0 radical (unpaired) electrons. The van der Waals surface area contributed by atoms with Gasteiger partial charge in [-0.15, -0.1) is 11.8 Å². The predicted molar refractivity (Wildman–Crippen MR) is 97.0 cm³/mol. The Morgan fingerprint density at radius 1 is 1.00 bits per heavy atom. The zero-order valence-corrected chi connectivity index (χ0v) is 14.3. The van der Waals surface area contributed by atoms with Crippen molar-refractivity contribution in [2.24, 2.45) is 4.99 Å². The predicted octanol–water partition coefficient (Wildman–Crippen LogP) is 4.98. The standard InChI is InChI=1S/C19H23NOS/c1-19(2,15-20-13-16-7-5-4-6-8-16)22-14-17-9-11-18(21-3)12-10-17/h4-12,15H,13-14H2,1-3H3/b20-15-. The first kappa shape index (κ1) is 16.6. The smallest absolute Gasteiger partial charge is 0.118 e. The van der Waals surface area contributed by atoms with Gasteiger partial charge in [-0.3, -0.25) is 4.99 Å². The number of aliphatic imine (C=N–C) groups is 1. The molecule has 0 aromatic heterocycles. The van der Waals surface area contributed by atoms with Crippen molar-refractivity contribution in [2.75, 3.05) is 7.11 Å². The van der Waals surface area contributed by atoms with Crippen molar-refractivity contribution in [3.05, 3.63) is 65.7 Å². The number of hydrogen-bond acceptors (Lipinski definition) is 3. The highest BCUT2D eigenvalue weighted by molar-refractivity contribution is 8.00. The third-order valence-corrected chi connectivity index (χ3v) is 4.62. The van der Waals surface area contributed by atoms with Crippen LogP contribution in [0.1, 0.15) is 25.0 Å². The Hall–Kier alpha value is -1.74. The van der Waals surface area contributed by atoms with Crippen LogP contribution < -0.4 is 4.74 Å². The molecule has 116 valence electrons. The van der Waals surface area contributed by atoms with Crippen LogP contribution in [0.2, 0.25) is 0 Å². The number of nitrogens with zero attached hydrogens (tertiary/aromatic N) is 1. The molecule has 2 aromatic rings. The van der Waals surface area contributed by atoms with Crippen LogP contribution >= 0.6 is 11.8 Å². The Morgan fingerprint density at radius 2 is 1.68 bits per heavy atom. The third-order valence-electron chi connectivity index (χ3n) is 3.29. The van der Waals surface area contributed by atoms with Gasteiger partial charge >= 0.3 is 0 Å². The van der Waals surface area contributed by atoms with Crippen LogP contribution in [0.3, 0.4) is 0 Å². The van der Waals surface area contributed by atoms with Gasteiger partial charge in [0, 0.05) is 16.7 Å². The van der Waals surface area contributed by atoms with Crippen molar-refractivity contribution in [3.8, 4) is 5.75 Å². The van der Waals surface area contributed by atoms with Crippen LogP contribution in [0.4, 0.5) is 0 Å². The molecule has 0 bridgehead atoms.